The first-order valence-corrected chi connectivity index (χ1v) is 7.76. The van der Waals surface area contributed by atoms with Gasteiger partial charge in [-0.15, -0.1) is 0 Å². The highest BCUT2D eigenvalue weighted by Gasteiger charge is 2.21. The van der Waals surface area contributed by atoms with Crippen LogP contribution in [0.4, 0.5) is 0 Å². The van der Waals surface area contributed by atoms with Crippen molar-refractivity contribution >= 4 is 5.91 Å². The van der Waals surface area contributed by atoms with E-state index in [2.05, 4.69) is 4.98 Å². The van der Waals surface area contributed by atoms with E-state index in [1.165, 1.54) is 0 Å². The van der Waals surface area contributed by atoms with E-state index in [-0.39, 0.29) is 18.6 Å². The summed E-state index contributed by atoms with van der Waals surface area (Å²) >= 11 is 0. The summed E-state index contributed by atoms with van der Waals surface area (Å²) in [7, 11) is 0. The summed E-state index contributed by atoms with van der Waals surface area (Å²) in [6, 6.07) is 13.7. The molecular weight excluding hydrogens is 292 g/mol. The molecule has 2 heterocycles. The van der Waals surface area contributed by atoms with Crippen LogP contribution in [0, 0.1) is 0 Å². The predicted molar refractivity (Wildman–Crippen MR) is 87.2 cm³/mol. The van der Waals surface area contributed by atoms with Crippen molar-refractivity contribution < 1.29 is 14.3 Å². The number of carbonyl (C=O) groups is 1. The highest BCUT2D eigenvalue weighted by Crippen LogP contribution is 2.19. The topological polar surface area (TPSA) is 51.7 Å². The lowest BCUT2D eigenvalue weighted by atomic mass is 10.1. The molecule has 120 valence electrons. The van der Waals surface area contributed by atoms with Gasteiger partial charge in [0, 0.05) is 18.7 Å². The highest BCUT2D eigenvalue weighted by atomic mass is 16.5. The molecule has 1 aliphatic heterocycles. The van der Waals surface area contributed by atoms with Crippen LogP contribution in [0.5, 0.6) is 5.75 Å². The maximum Gasteiger partial charge on any atom is 0.260 e. The fourth-order valence-electron chi connectivity index (χ4n) is 2.53. The Kier molecular flexibility index (Phi) is 4.88. The third kappa shape index (κ3) is 4.07. The zero-order chi connectivity index (χ0) is 16.1. The average molecular weight is 312 g/mol. The van der Waals surface area contributed by atoms with E-state index >= 15 is 0 Å². The minimum Gasteiger partial charge on any atom is -0.482 e. The Hall–Kier alpha value is -2.40. The molecule has 3 rings (SSSR count). The summed E-state index contributed by atoms with van der Waals surface area (Å²) in [5, 5.41) is 0. The summed E-state index contributed by atoms with van der Waals surface area (Å²) in [5.74, 6) is 0.576. The van der Waals surface area contributed by atoms with E-state index in [1.807, 2.05) is 49.4 Å². The van der Waals surface area contributed by atoms with Gasteiger partial charge in [0.05, 0.1) is 24.6 Å². The van der Waals surface area contributed by atoms with Crippen molar-refractivity contribution in [2.24, 2.45) is 0 Å². The fraction of sp³-hybridized carbons (Fsp3) is 0.333. The summed E-state index contributed by atoms with van der Waals surface area (Å²) < 4.78 is 11.0. The number of hydrogen-bond donors (Lipinski definition) is 0. The van der Waals surface area contributed by atoms with Crippen LogP contribution in [0.25, 0.3) is 11.3 Å². The maximum atomic E-state index is 12.1. The van der Waals surface area contributed by atoms with E-state index in [0.29, 0.717) is 25.4 Å². The van der Waals surface area contributed by atoms with Crippen LogP contribution in [0.15, 0.2) is 48.7 Å². The molecular formula is C18H20N2O3. The van der Waals surface area contributed by atoms with E-state index < -0.39 is 0 Å². The van der Waals surface area contributed by atoms with E-state index in [1.54, 1.807) is 11.1 Å². The van der Waals surface area contributed by atoms with Gasteiger partial charge in [0.25, 0.3) is 5.91 Å². The van der Waals surface area contributed by atoms with Crippen molar-refractivity contribution in [1.29, 1.82) is 0 Å². The molecule has 0 bridgehead atoms. The van der Waals surface area contributed by atoms with Gasteiger partial charge >= 0.3 is 0 Å². The number of morpholine rings is 1. The molecule has 1 amide bonds. The molecule has 23 heavy (non-hydrogen) atoms. The Bertz CT molecular complexity index is 643. The smallest absolute Gasteiger partial charge is 0.260 e. The minimum absolute atomic E-state index is 0.0210. The normalized spacial score (nSPS) is 17.8. The molecule has 1 aliphatic rings. The molecule has 2 aromatic rings. The average Bonchev–Trinajstić information content (AvgIpc) is 2.61. The number of pyridine rings is 1. The zero-order valence-electron chi connectivity index (χ0n) is 13.1. The number of ether oxygens (including phenoxy) is 2. The standard InChI is InChI=1S/C18H20N2O3/c1-14-12-20(9-10-22-14)18(21)13-23-16-7-8-17(19-11-16)15-5-3-2-4-6-15/h2-8,11,14H,9-10,12-13H2,1H3/t14-/m1/s1. The van der Waals surface area contributed by atoms with Crippen molar-refractivity contribution in [2.75, 3.05) is 26.3 Å². The van der Waals surface area contributed by atoms with Crippen molar-refractivity contribution in [2.45, 2.75) is 13.0 Å². The lowest BCUT2D eigenvalue weighted by molar-refractivity contribution is -0.140. The lowest BCUT2D eigenvalue weighted by Gasteiger charge is -2.31. The van der Waals surface area contributed by atoms with Gasteiger partial charge in [0.15, 0.2) is 6.61 Å². The van der Waals surface area contributed by atoms with Crippen LogP contribution in [0.2, 0.25) is 0 Å². The van der Waals surface area contributed by atoms with Crippen LogP contribution in [-0.4, -0.2) is 48.2 Å². The van der Waals surface area contributed by atoms with E-state index in [0.717, 1.165) is 11.3 Å². The molecule has 0 saturated carbocycles. The SMILES string of the molecule is C[C@@H]1CN(C(=O)COc2ccc(-c3ccccc3)nc2)CCO1. The summed E-state index contributed by atoms with van der Waals surface area (Å²) in [4.78, 5) is 18.3. The quantitative estimate of drug-likeness (QED) is 0.870. The lowest BCUT2D eigenvalue weighted by Crippen LogP contribution is -2.46. The molecule has 0 unspecified atom stereocenters. The van der Waals surface area contributed by atoms with Gasteiger partial charge in [-0.05, 0) is 19.1 Å². The molecule has 0 N–H and O–H groups in total. The molecule has 1 atom stereocenters. The second-order valence-corrected chi connectivity index (χ2v) is 5.56. The molecule has 5 heteroatoms. The van der Waals surface area contributed by atoms with Crippen molar-refractivity contribution in [3.63, 3.8) is 0 Å². The Morgan fingerprint density at radius 2 is 2.13 bits per heavy atom. The Balaban J connectivity index is 1.55. The first-order valence-electron chi connectivity index (χ1n) is 7.76. The first kappa shape index (κ1) is 15.5. The largest absolute Gasteiger partial charge is 0.482 e. The van der Waals surface area contributed by atoms with Crippen molar-refractivity contribution in [1.82, 2.24) is 9.88 Å². The summed E-state index contributed by atoms with van der Waals surface area (Å²) in [6.45, 7) is 3.82. The first-order chi connectivity index (χ1) is 11.2. The summed E-state index contributed by atoms with van der Waals surface area (Å²) in [5.41, 5.74) is 1.93. The Morgan fingerprint density at radius 3 is 2.83 bits per heavy atom. The van der Waals surface area contributed by atoms with Gasteiger partial charge < -0.3 is 14.4 Å². The van der Waals surface area contributed by atoms with Gasteiger partial charge in [0.1, 0.15) is 5.75 Å². The third-order valence-corrected chi connectivity index (χ3v) is 3.76. The molecule has 1 fully saturated rings. The van der Waals surface area contributed by atoms with Crippen molar-refractivity contribution in [3.05, 3.63) is 48.7 Å². The maximum absolute atomic E-state index is 12.1. The Labute approximate surface area is 135 Å². The fourth-order valence-corrected chi connectivity index (χ4v) is 2.53. The van der Waals surface area contributed by atoms with Gasteiger partial charge in [-0.3, -0.25) is 9.78 Å². The molecule has 0 radical (unpaired) electrons. The third-order valence-electron chi connectivity index (χ3n) is 3.76. The van der Waals surface area contributed by atoms with E-state index in [4.69, 9.17) is 9.47 Å². The van der Waals surface area contributed by atoms with Gasteiger partial charge in [0.2, 0.25) is 0 Å². The van der Waals surface area contributed by atoms with Gasteiger partial charge in [-0.2, -0.15) is 0 Å². The number of hydrogen-bond acceptors (Lipinski definition) is 4. The number of carbonyl (C=O) groups excluding carboxylic acids is 1. The van der Waals surface area contributed by atoms with Crippen LogP contribution >= 0.6 is 0 Å². The number of amides is 1. The van der Waals surface area contributed by atoms with Crippen LogP contribution in [-0.2, 0) is 9.53 Å². The second kappa shape index (κ2) is 7.24. The van der Waals surface area contributed by atoms with Crippen LogP contribution in [0.3, 0.4) is 0 Å². The monoisotopic (exact) mass is 312 g/mol. The number of nitrogens with zero attached hydrogens (tertiary/aromatic N) is 2. The van der Waals surface area contributed by atoms with Crippen LogP contribution < -0.4 is 4.74 Å². The minimum atomic E-state index is -0.0210. The molecule has 0 aliphatic carbocycles. The van der Waals surface area contributed by atoms with Gasteiger partial charge in [-0.1, -0.05) is 30.3 Å². The van der Waals surface area contributed by atoms with Crippen molar-refractivity contribution in [3.8, 4) is 17.0 Å². The molecule has 0 spiro atoms. The molecule has 1 saturated heterocycles. The Morgan fingerprint density at radius 1 is 1.30 bits per heavy atom. The zero-order valence-corrected chi connectivity index (χ0v) is 13.1. The van der Waals surface area contributed by atoms with Gasteiger partial charge in [-0.25, -0.2) is 0 Å². The second-order valence-electron chi connectivity index (χ2n) is 5.56. The molecule has 1 aromatic carbocycles. The highest BCUT2D eigenvalue weighted by molar-refractivity contribution is 5.77. The van der Waals surface area contributed by atoms with Crippen LogP contribution in [0.1, 0.15) is 6.92 Å². The number of rotatable bonds is 4. The number of aromatic nitrogens is 1. The molecule has 1 aromatic heterocycles. The predicted octanol–water partition coefficient (Wildman–Crippen LogP) is 2.37. The molecule has 5 nitrogen and oxygen atoms in total. The summed E-state index contributed by atoms with van der Waals surface area (Å²) in [6.07, 6.45) is 1.73. The van der Waals surface area contributed by atoms with E-state index in [9.17, 15) is 4.79 Å². The number of benzene rings is 1.